The molecule has 1 aliphatic rings. The number of fused-ring (bicyclic) bond motifs is 1. The number of hydrogen-bond donors (Lipinski definition) is 1. The summed E-state index contributed by atoms with van der Waals surface area (Å²) in [5.41, 5.74) is 1.73. The average molecular weight is 348 g/mol. The van der Waals surface area contributed by atoms with Crippen molar-refractivity contribution in [2.24, 2.45) is 0 Å². The van der Waals surface area contributed by atoms with Crippen molar-refractivity contribution in [2.45, 2.75) is 25.5 Å². The SMILES string of the molecule is Fc1cccc(Nc2nc(Cl)nc3c2ncn3C2CCCCO2)c1. The maximum absolute atomic E-state index is 13.4. The van der Waals surface area contributed by atoms with Crippen LogP contribution in [-0.2, 0) is 4.74 Å². The van der Waals surface area contributed by atoms with Gasteiger partial charge in [0.2, 0.25) is 5.28 Å². The summed E-state index contributed by atoms with van der Waals surface area (Å²) in [5.74, 6) is 0.0997. The van der Waals surface area contributed by atoms with E-state index >= 15 is 0 Å². The third kappa shape index (κ3) is 2.92. The average Bonchev–Trinajstić information content (AvgIpc) is 2.99. The van der Waals surface area contributed by atoms with Crippen molar-refractivity contribution in [2.75, 3.05) is 11.9 Å². The van der Waals surface area contributed by atoms with E-state index in [1.807, 2.05) is 4.57 Å². The molecule has 8 heteroatoms. The van der Waals surface area contributed by atoms with Gasteiger partial charge in [0.1, 0.15) is 12.0 Å². The number of nitrogens with one attached hydrogen (secondary N) is 1. The van der Waals surface area contributed by atoms with Crippen LogP contribution in [0.25, 0.3) is 11.2 Å². The minimum atomic E-state index is -0.336. The van der Waals surface area contributed by atoms with Gasteiger partial charge in [-0.15, -0.1) is 0 Å². The molecule has 1 fully saturated rings. The Kier molecular flexibility index (Phi) is 4.03. The summed E-state index contributed by atoms with van der Waals surface area (Å²) in [6.07, 6.45) is 4.64. The molecule has 1 N–H and O–H groups in total. The Morgan fingerprint density at radius 1 is 1.29 bits per heavy atom. The third-order valence-corrected chi connectivity index (χ3v) is 4.12. The minimum Gasteiger partial charge on any atom is -0.358 e. The Hall–Kier alpha value is -2.25. The fourth-order valence-corrected chi connectivity index (χ4v) is 3.00. The van der Waals surface area contributed by atoms with E-state index in [9.17, 15) is 4.39 Å². The molecular weight excluding hydrogens is 333 g/mol. The maximum atomic E-state index is 13.4. The first-order valence-electron chi connectivity index (χ1n) is 7.75. The number of hydrogen-bond acceptors (Lipinski definition) is 5. The normalized spacial score (nSPS) is 18.0. The summed E-state index contributed by atoms with van der Waals surface area (Å²) >= 11 is 6.07. The molecule has 0 bridgehead atoms. The van der Waals surface area contributed by atoms with Gasteiger partial charge in [0.25, 0.3) is 0 Å². The number of ether oxygens (including phenoxy) is 1. The second-order valence-corrected chi connectivity index (χ2v) is 5.96. The monoisotopic (exact) mass is 347 g/mol. The van der Waals surface area contributed by atoms with Gasteiger partial charge < -0.3 is 10.1 Å². The van der Waals surface area contributed by atoms with Gasteiger partial charge in [0, 0.05) is 12.3 Å². The molecule has 3 aromatic rings. The third-order valence-electron chi connectivity index (χ3n) is 3.95. The molecule has 0 saturated carbocycles. The molecule has 1 aromatic carbocycles. The minimum absolute atomic E-state index is 0.0963. The number of benzene rings is 1. The molecule has 3 heterocycles. The predicted octanol–water partition coefficient (Wildman–Crippen LogP) is 4.06. The molecule has 0 aliphatic carbocycles. The number of imidazole rings is 1. The smallest absolute Gasteiger partial charge is 0.226 e. The zero-order valence-electron chi connectivity index (χ0n) is 12.7. The summed E-state index contributed by atoms with van der Waals surface area (Å²) < 4.78 is 21.0. The van der Waals surface area contributed by atoms with Crippen LogP contribution in [0, 0.1) is 5.82 Å². The first-order chi connectivity index (χ1) is 11.7. The Morgan fingerprint density at radius 3 is 3.00 bits per heavy atom. The zero-order chi connectivity index (χ0) is 16.5. The largest absolute Gasteiger partial charge is 0.358 e. The Labute approximate surface area is 142 Å². The first kappa shape index (κ1) is 15.3. The van der Waals surface area contributed by atoms with E-state index in [2.05, 4.69) is 20.3 Å². The number of aromatic nitrogens is 4. The number of halogens is 2. The van der Waals surface area contributed by atoms with Crippen LogP contribution >= 0.6 is 11.6 Å². The van der Waals surface area contributed by atoms with Gasteiger partial charge in [-0.2, -0.15) is 9.97 Å². The van der Waals surface area contributed by atoms with Gasteiger partial charge in [-0.05, 0) is 49.1 Å². The lowest BCUT2D eigenvalue weighted by molar-refractivity contribution is -0.0298. The van der Waals surface area contributed by atoms with Crippen molar-refractivity contribution in [3.8, 4) is 0 Å². The Morgan fingerprint density at radius 2 is 2.21 bits per heavy atom. The Balaban J connectivity index is 1.74. The fourth-order valence-electron chi connectivity index (χ4n) is 2.83. The van der Waals surface area contributed by atoms with Gasteiger partial charge >= 0.3 is 0 Å². The molecule has 1 unspecified atom stereocenters. The fraction of sp³-hybridized carbons (Fsp3) is 0.312. The van der Waals surface area contributed by atoms with Crippen LogP contribution in [0.4, 0.5) is 15.9 Å². The molecule has 24 heavy (non-hydrogen) atoms. The second-order valence-electron chi connectivity index (χ2n) is 5.62. The molecule has 0 amide bonds. The van der Waals surface area contributed by atoms with Crippen molar-refractivity contribution in [1.82, 2.24) is 19.5 Å². The topological polar surface area (TPSA) is 64.9 Å². The van der Waals surface area contributed by atoms with Gasteiger partial charge in [-0.25, -0.2) is 9.37 Å². The van der Waals surface area contributed by atoms with E-state index in [-0.39, 0.29) is 17.3 Å². The lowest BCUT2D eigenvalue weighted by Gasteiger charge is -2.23. The predicted molar refractivity (Wildman–Crippen MR) is 88.9 cm³/mol. The van der Waals surface area contributed by atoms with Gasteiger partial charge in [0.05, 0.1) is 6.33 Å². The molecule has 1 atom stereocenters. The van der Waals surface area contributed by atoms with Crippen LogP contribution in [0.1, 0.15) is 25.5 Å². The van der Waals surface area contributed by atoms with Crippen molar-refractivity contribution >= 4 is 34.3 Å². The molecule has 1 aliphatic heterocycles. The van der Waals surface area contributed by atoms with Crippen LogP contribution < -0.4 is 5.32 Å². The molecule has 0 radical (unpaired) electrons. The van der Waals surface area contributed by atoms with Gasteiger partial charge in [0.15, 0.2) is 17.0 Å². The molecule has 2 aromatic heterocycles. The highest BCUT2D eigenvalue weighted by atomic mass is 35.5. The van der Waals surface area contributed by atoms with Crippen molar-refractivity contribution in [1.29, 1.82) is 0 Å². The highest BCUT2D eigenvalue weighted by molar-refractivity contribution is 6.28. The lowest BCUT2D eigenvalue weighted by Crippen LogP contribution is -2.17. The summed E-state index contributed by atoms with van der Waals surface area (Å²) in [5, 5.41) is 3.15. The van der Waals surface area contributed by atoms with E-state index in [1.54, 1.807) is 18.5 Å². The molecular formula is C16H15ClFN5O. The highest BCUT2D eigenvalue weighted by Crippen LogP contribution is 2.29. The van der Waals surface area contributed by atoms with Crippen molar-refractivity contribution in [3.63, 3.8) is 0 Å². The quantitative estimate of drug-likeness (QED) is 0.724. The maximum Gasteiger partial charge on any atom is 0.226 e. The van der Waals surface area contributed by atoms with Crippen LogP contribution in [0.2, 0.25) is 5.28 Å². The van der Waals surface area contributed by atoms with E-state index in [4.69, 9.17) is 16.3 Å². The molecule has 4 rings (SSSR count). The lowest BCUT2D eigenvalue weighted by atomic mass is 10.2. The number of rotatable bonds is 3. The first-order valence-corrected chi connectivity index (χ1v) is 8.13. The Bertz CT molecular complexity index is 878. The van der Waals surface area contributed by atoms with E-state index < -0.39 is 0 Å². The van der Waals surface area contributed by atoms with Crippen LogP contribution in [0.15, 0.2) is 30.6 Å². The summed E-state index contributed by atoms with van der Waals surface area (Å²) in [6, 6.07) is 6.12. The molecule has 1 saturated heterocycles. The van der Waals surface area contributed by atoms with Gasteiger partial charge in [-0.1, -0.05) is 6.07 Å². The van der Waals surface area contributed by atoms with Crippen LogP contribution in [0.3, 0.4) is 0 Å². The number of anilines is 2. The highest BCUT2D eigenvalue weighted by Gasteiger charge is 2.21. The molecule has 0 spiro atoms. The number of nitrogens with zero attached hydrogens (tertiary/aromatic N) is 4. The van der Waals surface area contributed by atoms with Crippen LogP contribution in [-0.4, -0.2) is 26.1 Å². The summed E-state index contributed by atoms with van der Waals surface area (Å²) in [4.78, 5) is 12.9. The van der Waals surface area contributed by atoms with E-state index in [0.29, 0.717) is 22.7 Å². The van der Waals surface area contributed by atoms with Crippen molar-refractivity contribution < 1.29 is 9.13 Å². The van der Waals surface area contributed by atoms with Crippen molar-refractivity contribution in [3.05, 3.63) is 41.7 Å². The molecule has 124 valence electrons. The second kappa shape index (κ2) is 6.33. The van der Waals surface area contributed by atoms with Gasteiger partial charge in [-0.3, -0.25) is 4.57 Å². The molecule has 6 nitrogen and oxygen atoms in total. The van der Waals surface area contributed by atoms with E-state index in [1.165, 1.54) is 12.1 Å². The summed E-state index contributed by atoms with van der Waals surface area (Å²) in [7, 11) is 0. The van der Waals surface area contributed by atoms with E-state index in [0.717, 1.165) is 25.9 Å². The standard InChI is InChI=1S/C16H15ClFN5O/c17-16-21-14(20-11-5-3-4-10(18)8-11)13-15(22-16)23(9-19-13)12-6-1-2-7-24-12/h3-5,8-9,12H,1-2,6-7H2,(H,20,21,22). The van der Waals surface area contributed by atoms with Crippen LogP contribution in [0.5, 0.6) is 0 Å². The summed E-state index contributed by atoms with van der Waals surface area (Å²) in [6.45, 7) is 0.720. The zero-order valence-corrected chi connectivity index (χ0v) is 13.5.